The van der Waals surface area contributed by atoms with Gasteiger partial charge in [0.05, 0.1) is 6.54 Å². The van der Waals surface area contributed by atoms with Crippen molar-refractivity contribution in [2.45, 2.75) is 39.3 Å². The molecule has 2 rings (SSSR count). The van der Waals surface area contributed by atoms with Gasteiger partial charge in [-0.15, -0.1) is 0 Å². The van der Waals surface area contributed by atoms with Gasteiger partial charge in [-0.3, -0.25) is 4.79 Å². The molecule has 0 radical (unpaired) electrons. The number of carbonyl (C=O) groups excluding carboxylic acids is 1. The lowest BCUT2D eigenvalue weighted by Crippen LogP contribution is -2.46. The Bertz CT molecular complexity index is 434. The molecule has 0 saturated carbocycles. The van der Waals surface area contributed by atoms with E-state index < -0.39 is 0 Å². The third kappa shape index (κ3) is 3.33. The van der Waals surface area contributed by atoms with Crippen LogP contribution in [0.3, 0.4) is 0 Å². The molecule has 1 aromatic rings. The van der Waals surface area contributed by atoms with E-state index in [1.807, 2.05) is 11.0 Å². The molecule has 0 saturated heterocycles. The SMILES string of the molecule is CC(C)(C)NCC(=O)N1CCc2ccccc2C1. The zero-order chi connectivity index (χ0) is 13.2. The van der Waals surface area contributed by atoms with Crippen LogP contribution in [0.2, 0.25) is 0 Å². The van der Waals surface area contributed by atoms with Crippen molar-refractivity contribution in [1.82, 2.24) is 10.2 Å². The maximum absolute atomic E-state index is 12.1. The topological polar surface area (TPSA) is 32.3 Å². The van der Waals surface area contributed by atoms with Gasteiger partial charge >= 0.3 is 0 Å². The second-order valence-electron chi connectivity index (χ2n) is 5.94. The van der Waals surface area contributed by atoms with E-state index in [2.05, 4.69) is 44.3 Å². The van der Waals surface area contributed by atoms with Gasteiger partial charge in [0.2, 0.25) is 5.91 Å². The van der Waals surface area contributed by atoms with Gasteiger partial charge in [0.15, 0.2) is 0 Å². The summed E-state index contributed by atoms with van der Waals surface area (Å²) in [5, 5.41) is 3.25. The summed E-state index contributed by atoms with van der Waals surface area (Å²) in [7, 11) is 0. The highest BCUT2D eigenvalue weighted by atomic mass is 16.2. The minimum atomic E-state index is -0.0106. The Hall–Kier alpha value is -1.35. The van der Waals surface area contributed by atoms with Gasteiger partial charge in [0.1, 0.15) is 0 Å². The van der Waals surface area contributed by atoms with E-state index in [4.69, 9.17) is 0 Å². The second kappa shape index (κ2) is 5.11. The zero-order valence-corrected chi connectivity index (χ0v) is 11.5. The van der Waals surface area contributed by atoms with Crippen molar-refractivity contribution in [2.24, 2.45) is 0 Å². The number of nitrogens with zero attached hydrogens (tertiary/aromatic N) is 1. The summed E-state index contributed by atoms with van der Waals surface area (Å²) in [6.07, 6.45) is 0.970. The highest BCUT2D eigenvalue weighted by molar-refractivity contribution is 5.78. The Labute approximate surface area is 109 Å². The maximum Gasteiger partial charge on any atom is 0.236 e. The van der Waals surface area contributed by atoms with E-state index in [-0.39, 0.29) is 11.4 Å². The first-order valence-corrected chi connectivity index (χ1v) is 6.55. The standard InChI is InChI=1S/C15H22N2O/c1-15(2,3)16-10-14(18)17-9-8-12-6-4-5-7-13(12)11-17/h4-7,16H,8-11H2,1-3H3. The van der Waals surface area contributed by atoms with Crippen LogP contribution in [0, 0.1) is 0 Å². The van der Waals surface area contributed by atoms with Crippen LogP contribution in [0.1, 0.15) is 31.9 Å². The van der Waals surface area contributed by atoms with Crippen molar-refractivity contribution in [2.75, 3.05) is 13.1 Å². The average molecular weight is 246 g/mol. The van der Waals surface area contributed by atoms with Gasteiger partial charge in [-0.05, 0) is 38.3 Å². The van der Waals surface area contributed by atoms with Gasteiger partial charge < -0.3 is 10.2 Å². The third-order valence-corrected chi connectivity index (χ3v) is 3.25. The smallest absolute Gasteiger partial charge is 0.236 e. The van der Waals surface area contributed by atoms with Crippen LogP contribution in [0.25, 0.3) is 0 Å². The van der Waals surface area contributed by atoms with Gasteiger partial charge in [-0.2, -0.15) is 0 Å². The summed E-state index contributed by atoms with van der Waals surface area (Å²) in [4.78, 5) is 14.1. The number of carbonyl (C=O) groups is 1. The van der Waals surface area contributed by atoms with E-state index in [0.29, 0.717) is 6.54 Å². The van der Waals surface area contributed by atoms with Crippen molar-refractivity contribution < 1.29 is 4.79 Å². The van der Waals surface area contributed by atoms with Crippen LogP contribution in [-0.4, -0.2) is 29.4 Å². The summed E-state index contributed by atoms with van der Waals surface area (Å²) in [6.45, 7) is 8.23. The number of benzene rings is 1. The molecule has 0 bridgehead atoms. The molecule has 0 atom stereocenters. The molecule has 98 valence electrons. The lowest BCUT2D eigenvalue weighted by Gasteiger charge is -2.30. The molecule has 0 unspecified atom stereocenters. The molecular weight excluding hydrogens is 224 g/mol. The first-order chi connectivity index (χ1) is 8.46. The van der Waals surface area contributed by atoms with Gasteiger partial charge in [0, 0.05) is 18.6 Å². The third-order valence-electron chi connectivity index (χ3n) is 3.25. The fraction of sp³-hybridized carbons (Fsp3) is 0.533. The molecule has 1 heterocycles. The summed E-state index contributed by atoms with van der Waals surface area (Å²) in [5.41, 5.74) is 2.65. The predicted molar refractivity (Wildman–Crippen MR) is 73.3 cm³/mol. The number of hydrogen-bond donors (Lipinski definition) is 1. The molecular formula is C15H22N2O. The quantitative estimate of drug-likeness (QED) is 0.865. The van der Waals surface area contributed by atoms with Crippen molar-refractivity contribution in [3.8, 4) is 0 Å². The number of nitrogens with one attached hydrogen (secondary N) is 1. The monoisotopic (exact) mass is 246 g/mol. The van der Waals surface area contributed by atoms with Crippen LogP contribution in [0.5, 0.6) is 0 Å². The molecule has 1 aliphatic heterocycles. The van der Waals surface area contributed by atoms with Crippen molar-refractivity contribution in [1.29, 1.82) is 0 Å². The number of rotatable bonds is 2. The molecule has 18 heavy (non-hydrogen) atoms. The highest BCUT2D eigenvalue weighted by Gasteiger charge is 2.21. The van der Waals surface area contributed by atoms with E-state index in [9.17, 15) is 4.79 Å². The number of fused-ring (bicyclic) bond motifs is 1. The Balaban J connectivity index is 1.95. The van der Waals surface area contributed by atoms with Crippen LogP contribution < -0.4 is 5.32 Å². The van der Waals surface area contributed by atoms with E-state index in [1.54, 1.807) is 0 Å². The lowest BCUT2D eigenvalue weighted by molar-refractivity contribution is -0.131. The van der Waals surface area contributed by atoms with Gasteiger partial charge in [-0.1, -0.05) is 24.3 Å². The molecule has 1 N–H and O–H groups in total. The summed E-state index contributed by atoms with van der Waals surface area (Å²) in [5.74, 6) is 0.194. The Morgan fingerprint density at radius 3 is 2.61 bits per heavy atom. The fourth-order valence-electron chi connectivity index (χ4n) is 2.16. The minimum Gasteiger partial charge on any atom is -0.337 e. The van der Waals surface area contributed by atoms with Crippen molar-refractivity contribution in [3.63, 3.8) is 0 Å². The average Bonchev–Trinajstić information content (AvgIpc) is 2.34. The Morgan fingerprint density at radius 2 is 1.94 bits per heavy atom. The van der Waals surface area contributed by atoms with Gasteiger partial charge in [0.25, 0.3) is 0 Å². The number of amides is 1. The van der Waals surface area contributed by atoms with Gasteiger partial charge in [-0.25, -0.2) is 0 Å². The molecule has 3 nitrogen and oxygen atoms in total. The molecule has 3 heteroatoms. The first kappa shape index (κ1) is 13.1. The summed E-state index contributed by atoms with van der Waals surface area (Å²) < 4.78 is 0. The molecule has 1 aromatic carbocycles. The van der Waals surface area contributed by atoms with Crippen LogP contribution in [0.4, 0.5) is 0 Å². The lowest BCUT2D eigenvalue weighted by atomic mass is 10.00. The normalized spacial score (nSPS) is 15.4. The molecule has 0 spiro atoms. The minimum absolute atomic E-state index is 0.0106. The summed E-state index contributed by atoms with van der Waals surface area (Å²) >= 11 is 0. The maximum atomic E-state index is 12.1. The van der Waals surface area contributed by atoms with E-state index in [0.717, 1.165) is 19.5 Å². The Morgan fingerprint density at radius 1 is 1.28 bits per heavy atom. The largest absolute Gasteiger partial charge is 0.337 e. The molecule has 0 fully saturated rings. The molecule has 0 aromatic heterocycles. The van der Waals surface area contributed by atoms with Crippen LogP contribution in [0.15, 0.2) is 24.3 Å². The number of hydrogen-bond acceptors (Lipinski definition) is 2. The molecule has 0 aliphatic carbocycles. The van der Waals surface area contributed by atoms with E-state index in [1.165, 1.54) is 11.1 Å². The zero-order valence-electron chi connectivity index (χ0n) is 11.5. The predicted octanol–water partition coefficient (Wildman–Crippen LogP) is 1.96. The highest BCUT2D eigenvalue weighted by Crippen LogP contribution is 2.18. The van der Waals surface area contributed by atoms with Crippen molar-refractivity contribution >= 4 is 5.91 Å². The second-order valence-corrected chi connectivity index (χ2v) is 5.94. The Kier molecular flexibility index (Phi) is 3.71. The van der Waals surface area contributed by atoms with E-state index >= 15 is 0 Å². The summed E-state index contributed by atoms with van der Waals surface area (Å²) in [6, 6.07) is 8.38. The van der Waals surface area contributed by atoms with Crippen molar-refractivity contribution in [3.05, 3.63) is 35.4 Å². The van der Waals surface area contributed by atoms with Crippen LogP contribution in [-0.2, 0) is 17.8 Å². The first-order valence-electron chi connectivity index (χ1n) is 6.55. The molecule has 1 amide bonds. The molecule has 1 aliphatic rings. The van der Waals surface area contributed by atoms with Crippen LogP contribution >= 0.6 is 0 Å². The fourth-order valence-corrected chi connectivity index (χ4v) is 2.16.